The Hall–Kier alpha value is -6.19. The molecule has 4 amide bonds. The van der Waals surface area contributed by atoms with Crippen LogP contribution < -0.4 is 16.0 Å². The van der Waals surface area contributed by atoms with E-state index < -0.39 is 35.6 Å². The Morgan fingerprint density at radius 2 is 1.51 bits per heavy atom. The molecule has 0 aliphatic carbocycles. The summed E-state index contributed by atoms with van der Waals surface area (Å²) >= 11 is 9.48. The third-order valence-corrected chi connectivity index (χ3v) is 15.7. The number of likely N-dealkylation sites (tertiary alicyclic amines) is 1. The SMILES string of the molecule is Cc1ncsc1-c1ccc(CNC(=O)[C@@H]2C[C@@H](OCc3ccccc3)CN2C(=O)[C@@H](NC(=O)COCCOCCOCCNC(=O)C[C@@H]2N=C(c3ccc(Cl)cc3)c3c(sc(C)c3C)-n3c(C)nnc32)C(C)(C)C)cc1. The van der Waals surface area contributed by atoms with Crippen LogP contribution in [0.15, 0.2) is 89.4 Å². The quantitative estimate of drug-likeness (QED) is 0.0529. The van der Waals surface area contributed by atoms with Gasteiger partial charge in [-0.25, -0.2) is 4.98 Å². The molecule has 1 saturated heterocycles. The maximum Gasteiger partial charge on any atom is 0.246 e. The lowest BCUT2D eigenvalue weighted by Crippen LogP contribution is -2.58. The lowest BCUT2D eigenvalue weighted by Gasteiger charge is -2.35. The molecule has 3 N–H and O–H groups in total. The normalized spacial score (nSPS) is 16.6. The number of aromatic nitrogens is 4. The highest BCUT2D eigenvalue weighted by Crippen LogP contribution is 2.40. The van der Waals surface area contributed by atoms with Gasteiger partial charge < -0.3 is 39.8 Å². The first-order valence-corrected chi connectivity index (χ1v) is 27.5. The van der Waals surface area contributed by atoms with Gasteiger partial charge in [-0.15, -0.1) is 32.9 Å². The average molecular weight is 1090 g/mol. The van der Waals surface area contributed by atoms with Crippen LogP contribution in [0.3, 0.4) is 0 Å². The zero-order valence-corrected chi connectivity index (χ0v) is 46.4. The highest BCUT2D eigenvalue weighted by Gasteiger charge is 2.45. The molecule has 2 aliphatic rings. The predicted molar refractivity (Wildman–Crippen MR) is 294 cm³/mol. The molecule has 3 aromatic heterocycles. The van der Waals surface area contributed by atoms with Gasteiger partial charge in [-0.3, -0.25) is 28.7 Å². The number of carbonyl (C=O) groups is 4. The van der Waals surface area contributed by atoms with E-state index in [4.69, 9.17) is 35.5 Å². The van der Waals surface area contributed by atoms with E-state index in [2.05, 4.69) is 45.0 Å². The summed E-state index contributed by atoms with van der Waals surface area (Å²) < 4.78 is 25.3. The number of rotatable bonds is 23. The molecule has 0 saturated carbocycles. The van der Waals surface area contributed by atoms with Gasteiger partial charge in [0.2, 0.25) is 23.6 Å². The number of benzene rings is 3. The number of thiophene rings is 1. The van der Waals surface area contributed by atoms with Gasteiger partial charge in [-0.2, -0.15) is 0 Å². The Morgan fingerprint density at radius 1 is 0.816 bits per heavy atom. The zero-order valence-electron chi connectivity index (χ0n) is 44.0. The first-order chi connectivity index (χ1) is 36.5. The molecule has 5 heterocycles. The van der Waals surface area contributed by atoms with E-state index in [9.17, 15) is 19.2 Å². The Labute approximate surface area is 456 Å². The summed E-state index contributed by atoms with van der Waals surface area (Å²) in [6.07, 6.45) is -0.0385. The molecule has 3 aromatic carbocycles. The summed E-state index contributed by atoms with van der Waals surface area (Å²) in [4.78, 5) is 68.4. The van der Waals surface area contributed by atoms with Crippen LogP contribution in [0.2, 0.25) is 5.02 Å². The molecule has 8 rings (SSSR count). The van der Waals surface area contributed by atoms with Crippen molar-refractivity contribution in [3.63, 3.8) is 0 Å². The van der Waals surface area contributed by atoms with E-state index >= 15 is 0 Å². The van der Waals surface area contributed by atoms with Crippen molar-refractivity contribution in [3.05, 3.63) is 139 Å². The molecule has 6 aromatic rings. The van der Waals surface area contributed by atoms with Crippen molar-refractivity contribution >= 4 is 63.6 Å². The Balaban J connectivity index is 0.761. The summed E-state index contributed by atoms with van der Waals surface area (Å²) in [6.45, 7) is 15.6. The molecule has 2 aliphatic heterocycles. The van der Waals surface area contributed by atoms with Crippen molar-refractivity contribution in [1.29, 1.82) is 0 Å². The number of nitrogens with one attached hydrogen (secondary N) is 3. The summed E-state index contributed by atoms with van der Waals surface area (Å²) in [7, 11) is 0. The molecule has 4 atom stereocenters. The topological polar surface area (TPSA) is 200 Å². The lowest BCUT2D eigenvalue weighted by molar-refractivity contribution is -0.144. The van der Waals surface area contributed by atoms with Gasteiger partial charge in [0.15, 0.2) is 5.82 Å². The highest BCUT2D eigenvalue weighted by molar-refractivity contribution is 7.15. The second-order valence-corrected chi connectivity index (χ2v) is 22.4. The van der Waals surface area contributed by atoms with Gasteiger partial charge in [0.1, 0.15) is 35.6 Å². The minimum absolute atomic E-state index is 0.0613. The standard InChI is InChI=1S/C56H66ClN9O8S2/c1-34-36(3)76-55-48(34)49(40-17-19-42(57)20-18-40)61-44(52-64-63-37(4)66(52)55)28-46(67)58-21-22-71-23-24-72-25-26-73-32-47(68)62-51(56(5,6)7)54(70)65-30-43(74-31-39-11-9-8-10-12-39)27-45(65)53(69)59-29-38-13-15-41(16-14-38)50-35(2)60-33-75-50/h8-20,33,43-45,51H,21-32H2,1-7H3,(H,58,67)(H,59,69)(H,62,68)/t43-,44+,45+,51-/m1/s1. The smallest absolute Gasteiger partial charge is 0.246 e. The Bertz CT molecular complexity index is 2990. The van der Waals surface area contributed by atoms with Crippen LogP contribution in [-0.2, 0) is 51.3 Å². The zero-order chi connectivity index (χ0) is 53.9. The monoisotopic (exact) mass is 1090 g/mol. The van der Waals surface area contributed by atoms with E-state index in [-0.39, 0.29) is 83.4 Å². The molecule has 0 spiro atoms. The summed E-state index contributed by atoms with van der Waals surface area (Å²) in [5.74, 6) is -0.0282. The maximum atomic E-state index is 14.5. The maximum absolute atomic E-state index is 14.5. The summed E-state index contributed by atoms with van der Waals surface area (Å²) in [5.41, 5.74) is 8.83. The van der Waals surface area contributed by atoms with Crippen molar-refractivity contribution in [2.75, 3.05) is 52.7 Å². The number of amides is 4. The number of carbonyl (C=O) groups excluding carboxylic acids is 4. The van der Waals surface area contributed by atoms with E-state index in [1.165, 1.54) is 0 Å². The van der Waals surface area contributed by atoms with Gasteiger partial charge in [0.05, 0.1) is 74.0 Å². The second kappa shape index (κ2) is 25.8. The Morgan fingerprint density at radius 3 is 2.21 bits per heavy atom. The van der Waals surface area contributed by atoms with Crippen LogP contribution in [0.5, 0.6) is 0 Å². The summed E-state index contributed by atoms with van der Waals surface area (Å²) in [5, 5.41) is 19.3. The van der Waals surface area contributed by atoms with Crippen molar-refractivity contribution in [2.45, 2.75) is 98.7 Å². The van der Waals surface area contributed by atoms with Crippen molar-refractivity contribution < 1.29 is 38.1 Å². The Kier molecular flexibility index (Phi) is 19.0. The number of aliphatic imine (C=N–C) groups is 1. The van der Waals surface area contributed by atoms with Crippen LogP contribution in [-0.4, -0.2) is 125 Å². The predicted octanol–water partition coefficient (Wildman–Crippen LogP) is 7.82. The average Bonchev–Trinajstić information content (AvgIpc) is 4.21. The molecule has 1 fully saturated rings. The second-order valence-electron chi connectivity index (χ2n) is 19.9. The first-order valence-electron chi connectivity index (χ1n) is 25.4. The highest BCUT2D eigenvalue weighted by atomic mass is 35.5. The van der Waals surface area contributed by atoms with Crippen molar-refractivity contribution in [3.8, 4) is 15.4 Å². The molecule has 17 nitrogen and oxygen atoms in total. The van der Waals surface area contributed by atoms with Gasteiger partial charge in [0.25, 0.3) is 0 Å². The van der Waals surface area contributed by atoms with Crippen LogP contribution >= 0.6 is 34.3 Å². The molecule has 20 heteroatoms. The van der Waals surface area contributed by atoms with Gasteiger partial charge in [-0.05, 0) is 67.5 Å². The third kappa shape index (κ3) is 14.0. The van der Waals surface area contributed by atoms with E-state index in [1.54, 1.807) is 27.6 Å². The largest absolute Gasteiger partial charge is 0.377 e. The molecule has 0 bridgehead atoms. The third-order valence-electron chi connectivity index (χ3n) is 13.3. The number of aryl methyl sites for hydroxylation is 3. The number of ether oxygens (including phenoxy) is 4. The molecular formula is C56H66ClN9O8S2. The fourth-order valence-electron chi connectivity index (χ4n) is 9.12. The fraction of sp³-hybridized carbons (Fsp3) is 0.429. The van der Waals surface area contributed by atoms with E-state index in [1.807, 2.05) is 124 Å². The number of thiazole rings is 1. The molecular weight excluding hydrogens is 1030 g/mol. The van der Waals surface area contributed by atoms with E-state index in [0.717, 1.165) is 65.4 Å². The minimum atomic E-state index is -0.958. The fourth-order valence-corrected chi connectivity index (χ4v) is 11.3. The van der Waals surface area contributed by atoms with Crippen molar-refractivity contribution in [2.24, 2.45) is 10.4 Å². The van der Waals surface area contributed by atoms with Crippen LogP contribution in [0.25, 0.3) is 15.4 Å². The van der Waals surface area contributed by atoms with Gasteiger partial charge in [-0.1, -0.05) is 99.1 Å². The van der Waals surface area contributed by atoms with Crippen molar-refractivity contribution in [1.82, 2.24) is 40.6 Å². The van der Waals surface area contributed by atoms with E-state index in [0.29, 0.717) is 23.9 Å². The number of halogens is 1. The number of nitrogens with zero attached hydrogens (tertiary/aromatic N) is 6. The minimum Gasteiger partial charge on any atom is -0.377 e. The first kappa shape index (κ1) is 56.0. The summed E-state index contributed by atoms with van der Waals surface area (Å²) in [6, 6.07) is 22.9. The molecule has 76 heavy (non-hydrogen) atoms. The van der Waals surface area contributed by atoms with Crippen LogP contribution in [0, 0.1) is 33.1 Å². The number of hydrogen-bond donors (Lipinski definition) is 3. The van der Waals surface area contributed by atoms with Gasteiger partial charge in [0, 0.05) is 47.1 Å². The molecule has 0 unspecified atom stereocenters. The number of hydrogen-bond acceptors (Lipinski definition) is 14. The van der Waals surface area contributed by atoms with Crippen LogP contribution in [0.1, 0.15) is 89.7 Å². The molecule has 0 radical (unpaired) electrons. The molecule has 402 valence electrons. The number of fused-ring (bicyclic) bond motifs is 3. The van der Waals surface area contributed by atoms with Crippen LogP contribution in [0.4, 0.5) is 0 Å². The lowest BCUT2D eigenvalue weighted by atomic mass is 9.85. The van der Waals surface area contributed by atoms with Gasteiger partial charge >= 0.3 is 0 Å².